The van der Waals surface area contributed by atoms with Crippen molar-refractivity contribution in [2.75, 3.05) is 21.1 Å². The topological polar surface area (TPSA) is 81.0 Å². The van der Waals surface area contributed by atoms with Crippen LogP contribution in [-0.2, 0) is 4.57 Å². The molecule has 0 heterocycles. The highest BCUT2D eigenvalue weighted by Gasteiger charge is 2.00. The normalized spacial score (nSPS) is 9.50. The third kappa shape index (κ3) is 1610. The summed E-state index contributed by atoms with van der Waals surface area (Å²) in [6, 6.07) is 0. The van der Waals surface area contributed by atoms with E-state index >= 15 is 0 Å². The minimum atomic E-state index is -4.64. The van der Waals surface area contributed by atoms with Crippen molar-refractivity contribution in [2.45, 2.75) is 0 Å². The number of phosphoric acid groups is 1. The van der Waals surface area contributed by atoms with Crippen LogP contribution in [0, 0.1) is 0 Å². The second-order valence-corrected chi connectivity index (χ2v) is 2.88. The van der Waals surface area contributed by atoms with Crippen LogP contribution < -0.4 is 0 Å². The van der Waals surface area contributed by atoms with Crippen LogP contribution in [0.4, 0.5) is 0 Å². The smallest absolute Gasteiger partial charge is 0.312 e. The fraction of sp³-hybridized carbons (Fsp3) is 1.00. The molecule has 0 unspecified atom stereocenters. The number of rotatable bonds is 0. The number of nitrogens with zero attached hydrogens (tertiary/aromatic N) is 1. The summed E-state index contributed by atoms with van der Waals surface area (Å²) < 4.78 is 8.88. The molecular weight excluding hydrogens is 225 g/mol. The zero-order valence-electron chi connectivity index (χ0n) is 6.05. The highest BCUT2D eigenvalue weighted by atomic mass is 79.9. The van der Waals surface area contributed by atoms with E-state index in [1.54, 1.807) is 0 Å². The van der Waals surface area contributed by atoms with Crippen LogP contribution in [0.25, 0.3) is 0 Å². The van der Waals surface area contributed by atoms with Gasteiger partial charge in [0, 0.05) is 0 Å². The molecule has 0 aliphatic heterocycles. The summed E-state index contributed by atoms with van der Waals surface area (Å²) in [4.78, 5) is 23.6. The van der Waals surface area contributed by atoms with Gasteiger partial charge in [-0.1, -0.05) is 0 Å². The monoisotopic (exact) mass is 237 g/mol. The van der Waals surface area contributed by atoms with Gasteiger partial charge in [0.25, 0.3) is 0 Å². The van der Waals surface area contributed by atoms with Crippen molar-refractivity contribution in [3.05, 3.63) is 0 Å². The minimum absolute atomic E-state index is 0. The first-order valence-electron chi connectivity index (χ1n) is 2.12. The molecule has 0 radical (unpaired) electrons. The van der Waals surface area contributed by atoms with Crippen LogP contribution in [0.1, 0.15) is 0 Å². The van der Waals surface area contributed by atoms with Crippen LogP contribution in [0.15, 0.2) is 0 Å². The SMILES string of the molecule is Br.CN(C)C.O=P(O)(O)O. The first-order chi connectivity index (χ1) is 3.73. The Morgan fingerprint density at radius 2 is 1.10 bits per heavy atom. The molecule has 0 saturated heterocycles. The lowest BCUT2D eigenvalue weighted by molar-refractivity contribution is 0.275. The quantitative estimate of drug-likeness (QED) is 0.510. The second kappa shape index (κ2) is 7.65. The molecule has 0 rings (SSSR count). The number of halogens is 1. The van der Waals surface area contributed by atoms with Crippen LogP contribution in [0.5, 0.6) is 0 Å². The zero-order chi connectivity index (χ0) is 8.08. The fourth-order valence-corrected chi connectivity index (χ4v) is 0. The van der Waals surface area contributed by atoms with E-state index in [1.165, 1.54) is 0 Å². The number of hydrogen-bond acceptors (Lipinski definition) is 2. The summed E-state index contributed by atoms with van der Waals surface area (Å²) in [5.41, 5.74) is 0. The predicted molar refractivity (Wildman–Crippen MR) is 44.2 cm³/mol. The Hall–Kier alpha value is 0.550. The van der Waals surface area contributed by atoms with Crippen molar-refractivity contribution in [1.29, 1.82) is 0 Å². The molecule has 7 heteroatoms. The minimum Gasteiger partial charge on any atom is -0.312 e. The first kappa shape index (κ1) is 16.9. The van der Waals surface area contributed by atoms with E-state index < -0.39 is 7.82 Å². The molecular formula is C3H13BrNO4P. The lowest BCUT2D eigenvalue weighted by Crippen LogP contribution is -1.99. The van der Waals surface area contributed by atoms with E-state index in [0.717, 1.165) is 0 Å². The van der Waals surface area contributed by atoms with Crippen molar-refractivity contribution < 1.29 is 19.2 Å². The van der Waals surface area contributed by atoms with E-state index in [4.69, 9.17) is 19.2 Å². The lowest BCUT2D eigenvalue weighted by Gasteiger charge is -1.90. The van der Waals surface area contributed by atoms with E-state index in [1.807, 2.05) is 26.0 Å². The molecule has 0 amide bonds. The molecule has 0 atom stereocenters. The summed E-state index contributed by atoms with van der Waals surface area (Å²) in [5, 5.41) is 0. The first-order valence-corrected chi connectivity index (χ1v) is 3.69. The Labute approximate surface area is 70.7 Å². The standard InChI is InChI=1S/C3H9N.BrH.H3O4P/c1-4(2)3;;1-5(2,3)4/h1-3H3;1H;(H3,1,2,3,4). The molecule has 0 aromatic carbocycles. The van der Waals surface area contributed by atoms with Gasteiger partial charge in [-0.25, -0.2) is 4.57 Å². The van der Waals surface area contributed by atoms with Gasteiger partial charge in [-0.2, -0.15) is 0 Å². The average molecular weight is 238 g/mol. The van der Waals surface area contributed by atoms with Gasteiger partial charge in [0.1, 0.15) is 0 Å². The predicted octanol–water partition coefficient (Wildman–Crippen LogP) is -0.173. The Kier molecular flexibility index (Phi) is 12.9. The molecule has 66 valence electrons. The molecule has 0 aliphatic carbocycles. The van der Waals surface area contributed by atoms with Crippen LogP contribution in [-0.4, -0.2) is 40.7 Å². The van der Waals surface area contributed by atoms with Gasteiger partial charge in [0.2, 0.25) is 0 Å². The Morgan fingerprint density at radius 1 is 1.10 bits per heavy atom. The van der Waals surface area contributed by atoms with Gasteiger partial charge in [-0.3, -0.25) is 0 Å². The summed E-state index contributed by atoms with van der Waals surface area (Å²) in [6.45, 7) is 0. The van der Waals surface area contributed by atoms with Crippen molar-refractivity contribution in [2.24, 2.45) is 0 Å². The van der Waals surface area contributed by atoms with Crippen molar-refractivity contribution in [3.63, 3.8) is 0 Å². The molecule has 0 spiro atoms. The van der Waals surface area contributed by atoms with Gasteiger partial charge in [-0.15, -0.1) is 17.0 Å². The Bertz CT molecular complexity index is 91.7. The van der Waals surface area contributed by atoms with E-state index in [0.29, 0.717) is 0 Å². The van der Waals surface area contributed by atoms with Gasteiger partial charge in [0.05, 0.1) is 0 Å². The van der Waals surface area contributed by atoms with Crippen LogP contribution in [0.3, 0.4) is 0 Å². The molecule has 0 saturated carbocycles. The molecule has 0 aliphatic rings. The Balaban J connectivity index is -0.0000000910. The van der Waals surface area contributed by atoms with E-state index in [2.05, 4.69) is 0 Å². The molecule has 3 N–H and O–H groups in total. The van der Waals surface area contributed by atoms with Crippen molar-refractivity contribution in [1.82, 2.24) is 4.90 Å². The maximum Gasteiger partial charge on any atom is 0.466 e. The largest absolute Gasteiger partial charge is 0.466 e. The average Bonchev–Trinajstić information content (AvgIpc) is 1.19. The van der Waals surface area contributed by atoms with Crippen molar-refractivity contribution in [3.8, 4) is 0 Å². The third-order valence-corrected chi connectivity index (χ3v) is 0. The molecule has 5 nitrogen and oxygen atoms in total. The fourth-order valence-electron chi connectivity index (χ4n) is 0. The third-order valence-electron chi connectivity index (χ3n) is 0. The van der Waals surface area contributed by atoms with Crippen LogP contribution >= 0.6 is 24.8 Å². The van der Waals surface area contributed by atoms with Gasteiger partial charge < -0.3 is 19.6 Å². The summed E-state index contributed by atoms with van der Waals surface area (Å²) in [5.74, 6) is 0. The summed E-state index contributed by atoms with van der Waals surface area (Å²) in [6.07, 6.45) is 0. The molecule has 0 aromatic rings. The van der Waals surface area contributed by atoms with Crippen LogP contribution in [0.2, 0.25) is 0 Å². The van der Waals surface area contributed by atoms with E-state index in [-0.39, 0.29) is 17.0 Å². The lowest BCUT2D eigenvalue weighted by atomic mass is 11.0. The summed E-state index contributed by atoms with van der Waals surface area (Å²) in [7, 11) is 1.36. The maximum atomic E-state index is 8.88. The Morgan fingerprint density at radius 3 is 1.10 bits per heavy atom. The number of hydrogen-bond donors (Lipinski definition) is 3. The van der Waals surface area contributed by atoms with Gasteiger partial charge in [-0.05, 0) is 21.1 Å². The van der Waals surface area contributed by atoms with Crippen molar-refractivity contribution >= 4 is 24.8 Å². The molecule has 10 heavy (non-hydrogen) atoms. The van der Waals surface area contributed by atoms with E-state index in [9.17, 15) is 0 Å². The molecule has 0 fully saturated rings. The highest BCUT2D eigenvalue weighted by Crippen LogP contribution is 2.25. The van der Waals surface area contributed by atoms with Gasteiger partial charge in [0.15, 0.2) is 0 Å². The summed E-state index contributed by atoms with van der Waals surface area (Å²) >= 11 is 0. The molecule has 0 aromatic heterocycles. The highest BCUT2D eigenvalue weighted by molar-refractivity contribution is 8.93. The maximum absolute atomic E-state index is 8.88. The zero-order valence-corrected chi connectivity index (χ0v) is 8.66. The second-order valence-electron chi connectivity index (χ2n) is 1.85. The molecule has 0 bridgehead atoms. The van der Waals surface area contributed by atoms with Gasteiger partial charge >= 0.3 is 7.82 Å².